The Bertz CT molecular complexity index is 528. The van der Waals surface area contributed by atoms with Crippen LogP contribution in [0.1, 0.15) is 17.9 Å². The van der Waals surface area contributed by atoms with Crippen molar-refractivity contribution in [3.8, 4) is 11.3 Å². The first-order valence-corrected chi connectivity index (χ1v) is 6.68. The molecule has 0 saturated heterocycles. The van der Waals surface area contributed by atoms with Crippen molar-refractivity contribution < 1.29 is 0 Å². The van der Waals surface area contributed by atoms with Gasteiger partial charge in [0.2, 0.25) is 0 Å². The van der Waals surface area contributed by atoms with Gasteiger partial charge in [-0.2, -0.15) is 0 Å². The van der Waals surface area contributed by atoms with E-state index in [4.69, 9.17) is 4.98 Å². The maximum Gasteiger partial charge on any atom is 0.110 e. The van der Waals surface area contributed by atoms with Gasteiger partial charge in [-0.05, 0) is 19.9 Å². The van der Waals surface area contributed by atoms with Crippen molar-refractivity contribution in [1.29, 1.82) is 0 Å². The molecule has 0 atom stereocenters. The van der Waals surface area contributed by atoms with Gasteiger partial charge in [0.05, 0.1) is 5.69 Å². The maximum absolute atomic E-state index is 4.86. The lowest BCUT2D eigenvalue weighted by Crippen LogP contribution is -2.13. The highest BCUT2D eigenvalue weighted by Crippen LogP contribution is 2.29. The molecule has 18 heavy (non-hydrogen) atoms. The van der Waals surface area contributed by atoms with Crippen LogP contribution in [0.15, 0.2) is 30.3 Å². The Balaban J connectivity index is 2.01. The fourth-order valence-corrected chi connectivity index (χ4v) is 2.71. The molecule has 0 fully saturated rings. The molecule has 0 spiro atoms. The topological polar surface area (TPSA) is 29.9 Å². The van der Waals surface area contributed by atoms with Crippen molar-refractivity contribution in [3.63, 3.8) is 0 Å². The third-order valence-electron chi connectivity index (χ3n) is 3.59. The molecule has 1 aromatic heterocycles. The van der Waals surface area contributed by atoms with Crippen LogP contribution >= 0.6 is 0 Å². The predicted octanol–water partition coefficient (Wildman–Crippen LogP) is 2.26. The van der Waals surface area contributed by atoms with Gasteiger partial charge in [0.1, 0.15) is 5.82 Å². The summed E-state index contributed by atoms with van der Waals surface area (Å²) in [5, 5.41) is 3.20. The van der Waals surface area contributed by atoms with Crippen molar-refractivity contribution in [3.05, 3.63) is 41.9 Å². The van der Waals surface area contributed by atoms with Crippen molar-refractivity contribution >= 4 is 0 Å². The second kappa shape index (κ2) is 4.94. The van der Waals surface area contributed by atoms with Crippen LogP contribution in [-0.2, 0) is 19.4 Å². The molecule has 0 aliphatic carbocycles. The summed E-state index contributed by atoms with van der Waals surface area (Å²) in [6.45, 7) is 2.12. The average Bonchev–Trinajstić information content (AvgIpc) is 3.00. The van der Waals surface area contributed by atoms with E-state index in [2.05, 4.69) is 40.2 Å². The zero-order chi connectivity index (χ0) is 12.4. The predicted molar refractivity (Wildman–Crippen MR) is 73.6 cm³/mol. The molecule has 1 N–H and O–H groups in total. The smallest absolute Gasteiger partial charge is 0.110 e. The number of aromatic nitrogens is 2. The number of hydrogen-bond donors (Lipinski definition) is 1. The number of imidazole rings is 1. The molecule has 2 aromatic rings. The molecule has 0 radical (unpaired) electrons. The normalized spacial score (nSPS) is 13.8. The Kier molecular flexibility index (Phi) is 3.15. The Morgan fingerprint density at radius 3 is 2.89 bits per heavy atom. The van der Waals surface area contributed by atoms with Gasteiger partial charge in [0, 0.05) is 30.8 Å². The van der Waals surface area contributed by atoms with Crippen LogP contribution in [0, 0.1) is 0 Å². The Morgan fingerprint density at radius 2 is 2.11 bits per heavy atom. The highest BCUT2D eigenvalue weighted by atomic mass is 15.1. The Morgan fingerprint density at radius 1 is 1.28 bits per heavy atom. The SMILES string of the molecule is CNCCc1nc(-c2ccccc2)c2n1CCC2. The molecule has 94 valence electrons. The standard InChI is InChI=1S/C15H19N3/c1-16-10-9-14-17-15(12-6-3-2-4-7-12)13-8-5-11-18(13)14/h2-4,6-7,16H,5,8-11H2,1H3. The molecule has 3 nitrogen and oxygen atoms in total. The highest BCUT2D eigenvalue weighted by molar-refractivity contribution is 5.62. The zero-order valence-electron chi connectivity index (χ0n) is 10.8. The summed E-state index contributed by atoms with van der Waals surface area (Å²) in [5.41, 5.74) is 3.87. The number of fused-ring (bicyclic) bond motifs is 1. The number of hydrogen-bond acceptors (Lipinski definition) is 2. The van der Waals surface area contributed by atoms with E-state index >= 15 is 0 Å². The minimum absolute atomic E-state index is 0.991. The minimum atomic E-state index is 0.991. The molecule has 0 unspecified atom stereocenters. The summed E-state index contributed by atoms with van der Waals surface area (Å²) in [7, 11) is 1.99. The van der Waals surface area contributed by atoms with Gasteiger partial charge < -0.3 is 9.88 Å². The van der Waals surface area contributed by atoms with Crippen LogP contribution in [0.2, 0.25) is 0 Å². The van der Waals surface area contributed by atoms with Crippen LogP contribution in [0.5, 0.6) is 0 Å². The van der Waals surface area contributed by atoms with Gasteiger partial charge in [0.25, 0.3) is 0 Å². The molecule has 0 amide bonds. The second-order valence-corrected chi connectivity index (χ2v) is 4.80. The Hall–Kier alpha value is -1.61. The van der Waals surface area contributed by atoms with Crippen molar-refractivity contribution in [2.45, 2.75) is 25.8 Å². The van der Waals surface area contributed by atoms with Crippen LogP contribution in [-0.4, -0.2) is 23.1 Å². The Labute approximate surface area is 108 Å². The lowest BCUT2D eigenvalue weighted by atomic mass is 10.1. The maximum atomic E-state index is 4.86. The van der Waals surface area contributed by atoms with E-state index in [9.17, 15) is 0 Å². The average molecular weight is 241 g/mol. The van der Waals surface area contributed by atoms with Crippen LogP contribution < -0.4 is 5.32 Å². The molecular formula is C15H19N3. The van der Waals surface area contributed by atoms with Crippen LogP contribution in [0.25, 0.3) is 11.3 Å². The van der Waals surface area contributed by atoms with Crippen molar-refractivity contribution in [2.24, 2.45) is 0 Å². The number of nitrogens with zero attached hydrogens (tertiary/aromatic N) is 2. The fraction of sp³-hybridized carbons (Fsp3) is 0.400. The number of rotatable bonds is 4. The summed E-state index contributed by atoms with van der Waals surface area (Å²) in [4.78, 5) is 4.86. The molecule has 1 aliphatic rings. The highest BCUT2D eigenvalue weighted by Gasteiger charge is 2.21. The van der Waals surface area contributed by atoms with E-state index in [1.807, 2.05) is 7.05 Å². The molecule has 3 rings (SSSR count). The summed E-state index contributed by atoms with van der Waals surface area (Å²) >= 11 is 0. The van der Waals surface area contributed by atoms with E-state index in [-0.39, 0.29) is 0 Å². The summed E-state index contributed by atoms with van der Waals surface area (Å²) in [5.74, 6) is 1.23. The van der Waals surface area contributed by atoms with Gasteiger partial charge in [-0.25, -0.2) is 4.98 Å². The van der Waals surface area contributed by atoms with Crippen LogP contribution in [0.4, 0.5) is 0 Å². The van der Waals surface area contributed by atoms with Gasteiger partial charge in [-0.3, -0.25) is 0 Å². The molecule has 0 saturated carbocycles. The summed E-state index contributed by atoms with van der Waals surface area (Å²) in [6.07, 6.45) is 3.43. The molecule has 0 bridgehead atoms. The summed E-state index contributed by atoms with van der Waals surface area (Å²) in [6, 6.07) is 10.5. The first kappa shape index (κ1) is 11.5. The number of likely N-dealkylation sites (N-methyl/N-ethyl adjacent to an activating group) is 1. The molecule has 1 aliphatic heterocycles. The van der Waals surface area contributed by atoms with E-state index in [0.717, 1.165) is 25.9 Å². The molecule has 3 heteroatoms. The van der Waals surface area contributed by atoms with Gasteiger partial charge >= 0.3 is 0 Å². The molecule has 1 aromatic carbocycles. The lowest BCUT2D eigenvalue weighted by Gasteiger charge is -2.02. The molecular weight excluding hydrogens is 222 g/mol. The third kappa shape index (κ3) is 1.95. The molecule has 2 heterocycles. The fourth-order valence-electron chi connectivity index (χ4n) is 2.71. The number of nitrogens with one attached hydrogen (secondary N) is 1. The first-order valence-electron chi connectivity index (χ1n) is 6.68. The van der Waals surface area contributed by atoms with Gasteiger partial charge in [-0.1, -0.05) is 30.3 Å². The lowest BCUT2D eigenvalue weighted by molar-refractivity contribution is 0.663. The second-order valence-electron chi connectivity index (χ2n) is 4.80. The van der Waals surface area contributed by atoms with Gasteiger partial charge in [0.15, 0.2) is 0 Å². The van der Waals surface area contributed by atoms with E-state index in [1.54, 1.807) is 0 Å². The zero-order valence-corrected chi connectivity index (χ0v) is 10.8. The third-order valence-corrected chi connectivity index (χ3v) is 3.59. The monoisotopic (exact) mass is 241 g/mol. The quantitative estimate of drug-likeness (QED) is 0.890. The van der Waals surface area contributed by atoms with E-state index in [1.165, 1.54) is 29.2 Å². The summed E-state index contributed by atoms with van der Waals surface area (Å²) < 4.78 is 2.42. The number of benzene rings is 1. The first-order chi connectivity index (χ1) is 8.90. The van der Waals surface area contributed by atoms with Gasteiger partial charge in [-0.15, -0.1) is 0 Å². The minimum Gasteiger partial charge on any atom is -0.331 e. The largest absolute Gasteiger partial charge is 0.331 e. The van der Waals surface area contributed by atoms with E-state index in [0.29, 0.717) is 0 Å². The van der Waals surface area contributed by atoms with Crippen molar-refractivity contribution in [2.75, 3.05) is 13.6 Å². The van der Waals surface area contributed by atoms with Crippen molar-refractivity contribution in [1.82, 2.24) is 14.9 Å². The van der Waals surface area contributed by atoms with E-state index < -0.39 is 0 Å². The van der Waals surface area contributed by atoms with Crippen LogP contribution in [0.3, 0.4) is 0 Å².